The van der Waals surface area contributed by atoms with Crippen LogP contribution in [0.5, 0.6) is 0 Å². The number of carbonyl (C=O) groups is 1. The Labute approximate surface area is 212 Å². The van der Waals surface area contributed by atoms with Crippen LogP contribution in [-0.2, 0) is 17.7 Å². The quantitative estimate of drug-likeness (QED) is 0.247. The third-order valence-corrected chi connectivity index (χ3v) is 7.32. The number of benzene rings is 3. The molecule has 3 aromatic carbocycles. The number of anilines is 2. The Bertz CT molecular complexity index is 1400. The molecule has 36 heavy (non-hydrogen) atoms. The Kier molecular flexibility index (Phi) is 6.92. The maximum atomic E-state index is 13.8. The Hall–Kier alpha value is -3.82. The zero-order chi connectivity index (χ0) is 25.1. The predicted molar refractivity (Wildman–Crippen MR) is 142 cm³/mol. The van der Waals surface area contributed by atoms with E-state index in [1.807, 2.05) is 47.4 Å². The molecule has 4 aromatic rings. The highest BCUT2D eigenvalue weighted by Gasteiger charge is 2.27. The van der Waals surface area contributed by atoms with Crippen LogP contribution in [0.2, 0.25) is 0 Å². The van der Waals surface area contributed by atoms with E-state index in [9.17, 15) is 14.9 Å². The molecule has 184 valence electrons. The number of fused-ring (bicyclic) bond motifs is 1. The van der Waals surface area contributed by atoms with Gasteiger partial charge >= 0.3 is 0 Å². The number of amides is 1. The van der Waals surface area contributed by atoms with E-state index in [0.717, 1.165) is 22.2 Å². The van der Waals surface area contributed by atoms with Crippen molar-refractivity contribution >= 4 is 44.0 Å². The van der Waals surface area contributed by atoms with Crippen molar-refractivity contribution in [2.45, 2.75) is 19.9 Å². The molecule has 1 aromatic heterocycles. The van der Waals surface area contributed by atoms with Crippen molar-refractivity contribution in [1.82, 2.24) is 4.98 Å². The average molecular weight is 503 g/mol. The summed E-state index contributed by atoms with van der Waals surface area (Å²) in [5.74, 6) is -0.328. The summed E-state index contributed by atoms with van der Waals surface area (Å²) in [5.41, 5.74) is 3.64. The number of nitrogens with zero attached hydrogens (tertiary/aromatic N) is 4. The van der Waals surface area contributed by atoms with Gasteiger partial charge < -0.3 is 9.64 Å². The van der Waals surface area contributed by atoms with Gasteiger partial charge in [-0.05, 0) is 41.8 Å². The maximum absolute atomic E-state index is 13.8. The number of carbonyl (C=O) groups excluding carboxylic acids is 1. The lowest BCUT2D eigenvalue weighted by molar-refractivity contribution is -0.384. The van der Waals surface area contributed by atoms with E-state index in [1.54, 1.807) is 17.0 Å². The van der Waals surface area contributed by atoms with Crippen molar-refractivity contribution in [3.8, 4) is 0 Å². The van der Waals surface area contributed by atoms with Gasteiger partial charge in [0, 0.05) is 24.7 Å². The molecule has 0 bridgehead atoms. The van der Waals surface area contributed by atoms with E-state index in [4.69, 9.17) is 9.72 Å². The third-order valence-electron chi connectivity index (χ3n) is 6.28. The molecule has 1 aliphatic heterocycles. The van der Waals surface area contributed by atoms with Gasteiger partial charge in [0.05, 0.1) is 34.9 Å². The number of hydrogen-bond acceptors (Lipinski definition) is 7. The monoisotopic (exact) mass is 502 g/mol. The van der Waals surface area contributed by atoms with E-state index in [1.165, 1.54) is 23.0 Å². The standard InChI is InChI=1S/C27H26N4O4S/c1-2-19-8-10-22-25(16-19)36-27(28-22)30(18-20-6-4-3-5-7-20)26(32)21-9-11-23(24(17-21)31(33)34)29-12-14-35-15-13-29/h3-11,16-17H,2,12-15,18H2,1H3. The van der Waals surface area contributed by atoms with E-state index < -0.39 is 4.92 Å². The fraction of sp³-hybridized carbons (Fsp3) is 0.259. The number of hydrogen-bond donors (Lipinski definition) is 0. The Morgan fingerprint density at radius 2 is 1.86 bits per heavy atom. The fourth-order valence-corrected chi connectivity index (χ4v) is 5.34. The van der Waals surface area contributed by atoms with Crippen molar-refractivity contribution in [2.24, 2.45) is 0 Å². The minimum Gasteiger partial charge on any atom is -0.378 e. The Balaban J connectivity index is 1.54. The summed E-state index contributed by atoms with van der Waals surface area (Å²) in [5, 5.41) is 12.5. The zero-order valence-electron chi connectivity index (χ0n) is 19.9. The van der Waals surface area contributed by atoms with E-state index in [-0.39, 0.29) is 17.2 Å². The molecule has 5 rings (SSSR count). The molecule has 0 saturated carbocycles. The number of morpholine rings is 1. The number of aromatic nitrogens is 1. The van der Waals surface area contributed by atoms with Gasteiger partial charge in [0.1, 0.15) is 5.69 Å². The van der Waals surface area contributed by atoms with Gasteiger partial charge in [0.15, 0.2) is 5.13 Å². The molecule has 0 N–H and O–H groups in total. The van der Waals surface area contributed by atoms with E-state index in [0.29, 0.717) is 43.7 Å². The lowest BCUT2D eigenvalue weighted by atomic mass is 10.1. The first-order chi connectivity index (χ1) is 17.5. The summed E-state index contributed by atoms with van der Waals surface area (Å²) < 4.78 is 6.39. The van der Waals surface area contributed by atoms with Crippen LogP contribution >= 0.6 is 11.3 Å². The van der Waals surface area contributed by atoms with Crippen molar-refractivity contribution in [2.75, 3.05) is 36.1 Å². The molecule has 2 heterocycles. The average Bonchev–Trinajstić information content (AvgIpc) is 3.35. The molecule has 1 aliphatic rings. The minimum absolute atomic E-state index is 0.0840. The van der Waals surface area contributed by atoms with Gasteiger partial charge in [0.25, 0.3) is 11.6 Å². The lowest BCUT2D eigenvalue weighted by Crippen LogP contribution is -2.36. The molecule has 8 nitrogen and oxygen atoms in total. The van der Waals surface area contributed by atoms with Crippen LogP contribution < -0.4 is 9.80 Å². The number of rotatable bonds is 7. The number of ether oxygens (including phenoxy) is 1. The molecule has 0 atom stereocenters. The maximum Gasteiger partial charge on any atom is 0.293 e. The van der Waals surface area contributed by atoms with Crippen LogP contribution in [0.3, 0.4) is 0 Å². The van der Waals surface area contributed by atoms with Gasteiger partial charge in [-0.15, -0.1) is 0 Å². The molecule has 0 radical (unpaired) electrons. The highest BCUT2D eigenvalue weighted by atomic mass is 32.1. The van der Waals surface area contributed by atoms with Crippen LogP contribution in [0.1, 0.15) is 28.4 Å². The second-order valence-corrected chi connectivity index (χ2v) is 9.60. The molecular formula is C27H26N4O4S. The first-order valence-electron chi connectivity index (χ1n) is 11.9. The Morgan fingerprint density at radius 3 is 2.58 bits per heavy atom. The van der Waals surface area contributed by atoms with Crippen molar-refractivity contribution in [3.63, 3.8) is 0 Å². The van der Waals surface area contributed by atoms with E-state index >= 15 is 0 Å². The SMILES string of the molecule is CCc1ccc2nc(N(Cc3ccccc3)C(=O)c3ccc(N4CCOCC4)c([N+](=O)[O-])c3)sc2c1. The van der Waals surface area contributed by atoms with Gasteiger partial charge in [0.2, 0.25) is 0 Å². The summed E-state index contributed by atoms with van der Waals surface area (Å²) in [4.78, 5) is 33.7. The van der Waals surface area contributed by atoms with Crippen LogP contribution in [0, 0.1) is 10.1 Å². The zero-order valence-corrected chi connectivity index (χ0v) is 20.7. The molecular weight excluding hydrogens is 476 g/mol. The molecule has 1 amide bonds. The van der Waals surface area contributed by atoms with Gasteiger partial charge in [-0.2, -0.15) is 0 Å². The summed E-state index contributed by atoms with van der Waals surface area (Å²) in [6, 6.07) is 20.5. The topological polar surface area (TPSA) is 88.8 Å². The summed E-state index contributed by atoms with van der Waals surface area (Å²) in [6.07, 6.45) is 0.912. The molecule has 9 heteroatoms. The normalized spacial score (nSPS) is 13.6. The van der Waals surface area contributed by atoms with Crippen LogP contribution in [0.15, 0.2) is 66.7 Å². The number of aryl methyl sites for hydroxylation is 1. The van der Waals surface area contributed by atoms with Gasteiger partial charge in [-0.1, -0.05) is 54.7 Å². The number of thiazole rings is 1. The number of nitro groups is 1. The van der Waals surface area contributed by atoms with Crippen molar-refractivity contribution < 1.29 is 14.5 Å². The van der Waals surface area contributed by atoms with Crippen LogP contribution in [0.25, 0.3) is 10.2 Å². The highest BCUT2D eigenvalue weighted by molar-refractivity contribution is 7.22. The molecule has 0 unspecified atom stereocenters. The minimum atomic E-state index is -0.424. The predicted octanol–water partition coefficient (Wildman–Crippen LogP) is 5.45. The largest absolute Gasteiger partial charge is 0.378 e. The first-order valence-corrected chi connectivity index (χ1v) is 12.7. The Morgan fingerprint density at radius 1 is 1.08 bits per heavy atom. The molecule has 0 aliphatic carbocycles. The summed E-state index contributed by atoms with van der Waals surface area (Å²) in [7, 11) is 0. The second-order valence-electron chi connectivity index (χ2n) is 8.59. The van der Waals surface area contributed by atoms with Gasteiger partial charge in [-0.25, -0.2) is 4.98 Å². The lowest BCUT2D eigenvalue weighted by Gasteiger charge is -2.28. The van der Waals surface area contributed by atoms with Crippen molar-refractivity contribution in [3.05, 3.63) is 93.5 Å². The molecule has 1 fully saturated rings. The summed E-state index contributed by atoms with van der Waals surface area (Å²) >= 11 is 1.45. The number of nitro benzene ring substituents is 1. The smallest absolute Gasteiger partial charge is 0.293 e. The van der Waals surface area contributed by atoms with Gasteiger partial charge in [-0.3, -0.25) is 19.8 Å². The fourth-order valence-electron chi connectivity index (χ4n) is 4.31. The molecule has 0 spiro atoms. The highest BCUT2D eigenvalue weighted by Crippen LogP contribution is 2.34. The van der Waals surface area contributed by atoms with Crippen LogP contribution in [0.4, 0.5) is 16.5 Å². The second kappa shape index (κ2) is 10.4. The van der Waals surface area contributed by atoms with Crippen molar-refractivity contribution in [1.29, 1.82) is 0 Å². The molecule has 1 saturated heterocycles. The summed E-state index contributed by atoms with van der Waals surface area (Å²) in [6.45, 7) is 4.57. The van der Waals surface area contributed by atoms with E-state index in [2.05, 4.69) is 13.0 Å². The first kappa shape index (κ1) is 23.9. The third kappa shape index (κ3) is 4.93. The van der Waals surface area contributed by atoms with Crippen LogP contribution in [-0.4, -0.2) is 42.1 Å².